The molecule has 2 heterocycles. The molecule has 0 aromatic heterocycles. The summed E-state index contributed by atoms with van der Waals surface area (Å²) >= 11 is 0. The molecule has 136 valence electrons. The molecule has 2 aliphatic heterocycles. The Labute approximate surface area is 146 Å². The number of urea groups is 1. The zero-order chi connectivity index (χ0) is 16.4. The number of rotatable bonds is 6. The molecule has 0 radical (unpaired) electrons. The highest BCUT2D eigenvalue weighted by Gasteiger charge is 2.35. The minimum Gasteiger partial charge on any atom is -0.376 e. The van der Waals surface area contributed by atoms with E-state index in [1.165, 1.54) is 58.0 Å². The Balaban J connectivity index is 1.27. The molecule has 5 heteroatoms. The fraction of sp³-hybridized carbons (Fsp3) is 0.947. The Kier molecular flexibility index (Phi) is 5.28. The number of nitrogens with one attached hydrogen (secondary N) is 1. The first kappa shape index (κ1) is 16.6. The van der Waals surface area contributed by atoms with E-state index in [4.69, 9.17) is 4.74 Å². The van der Waals surface area contributed by atoms with Crippen LogP contribution < -0.4 is 5.32 Å². The summed E-state index contributed by atoms with van der Waals surface area (Å²) in [6.45, 7) is 4.91. The fourth-order valence-corrected chi connectivity index (χ4v) is 4.76. The fourth-order valence-electron chi connectivity index (χ4n) is 4.76. The predicted molar refractivity (Wildman–Crippen MR) is 94.0 cm³/mol. The van der Waals surface area contributed by atoms with Gasteiger partial charge in [-0.15, -0.1) is 0 Å². The van der Waals surface area contributed by atoms with Crippen LogP contribution in [-0.2, 0) is 4.74 Å². The van der Waals surface area contributed by atoms with Gasteiger partial charge < -0.3 is 19.9 Å². The average Bonchev–Trinajstić information content (AvgIpc) is 3.06. The molecule has 1 N–H and O–H groups in total. The van der Waals surface area contributed by atoms with Gasteiger partial charge in [-0.25, -0.2) is 4.79 Å². The van der Waals surface area contributed by atoms with E-state index in [0.717, 1.165) is 38.6 Å². The quantitative estimate of drug-likeness (QED) is 0.811. The minimum absolute atomic E-state index is 0.155. The molecule has 2 atom stereocenters. The van der Waals surface area contributed by atoms with Gasteiger partial charge in [0.15, 0.2) is 0 Å². The van der Waals surface area contributed by atoms with E-state index in [-0.39, 0.29) is 12.1 Å². The number of carbonyl (C=O) groups excluding carboxylic acids is 1. The molecule has 4 fully saturated rings. The van der Waals surface area contributed by atoms with Crippen LogP contribution in [0.3, 0.4) is 0 Å². The van der Waals surface area contributed by atoms with Gasteiger partial charge in [0.2, 0.25) is 0 Å². The van der Waals surface area contributed by atoms with Crippen molar-refractivity contribution < 1.29 is 9.53 Å². The topological polar surface area (TPSA) is 44.8 Å². The van der Waals surface area contributed by atoms with Crippen LogP contribution in [0.4, 0.5) is 4.79 Å². The van der Waals surface area contributed by atoms with E-state index in [0.29, 0.717) is 12.0 Å². The summed E-state index contributed by atoms with van der Waals surface area (Å²) in [4.78, 5) is 17.6. The van der Waals surface area contributed by atoms with E-state index in [1.807, 2.05) is 0 Å². The van der Waals surface area contributed by atoms with Crippen molar-refractivity contribution in [1.82, 2.24) is 15.1 Å². The maximum absolute atomic E-state index is 12.8. The summed E-state index contributed by atoms with van der Waals surface area (Å²) in [5.41, 5.74) is 0. The molecule has 4 aliphatic rings. The van der Waals surface area contributed by atoms with Crippen LogP contribution in [0.2, 0.25) is 0 Å². The molecule has 2 aliphatic carbocycles. The average molecular weight is 335 g/mol. The van der Waals surface area contributed by atoms with Gasteiger partial charge in [0.05, 0.1) is 6.10 Å². The number of nitrogens with zero attached hydrogens (tertiary/aromatic N) is 2. The first-order valence-corrected chi connectivity index (χ1v) is 10.2. The first-order chi connectivity index (χ1) is 11.8. The first-order valence-electron chi connectivity index (χ1n) is 10.2. The van der Waals surface area contributed by atoms with Crippen molar-refractivity contribution in [1.29, 1.82) is 0 Å². The van der Waals surface area contributed by atoms with Gasteiger partial charge in [0.1, 0.15) is 0 Å². The van der Waals surface area contributed by atoms with Crippen molar-refractivity contribution in [2.45, 2.75) is 76.0 Å². The van der Waals surface area contributed by atoms with Crippen molar-refractivity contribution in [3.05, 3.63) is 0 Å². The summed E-state index contributed by atoms with van der Waals surface area (Å²) in [5.74, 6) is 0.641. The maximum atomic E-state index is 12.8. The SMILES string of the molecule is O=C(NC[C@@H]1CCN(C2CC2)C1)N(C[C@H]1CCCO1)C1CCCC1. The highest BCUT2D eigenvalue weighted by atomic mass is 16.5. The van der Waals surface area contributed by atoms with E-state index < -0.39 is 0 Å². The van der Waals surface area contributed by atoms with E-state index in [9.17, 15) is 4.79 Å². The summed E-state index contributed by atoms with van der Waals surface area (Å²) in [6.07, 6.45) is 11.4. The highest BCUT2D eigenvalue weighted by molar-refractivity contribution is 5.74. The van der Waals surface area contributed by atoms with Crippen molar-refractivity contribution in [3.63, 3.8) is 0 Å². The molecule has 4 rings (SSSR count). The summed E-state index contributed by atoms with van der Waals surface area (Å²) in [5, 5.41) is 3.26. The molecule has 2 saturated heterocycles. The lowest BCUT2D eigenvalue weighted by Gasteiger charge is -2.31. The smallest absolute Gasteiger partial charge is 0.317 e. The van der Waals surface area contributed by atoms with Crippen LogP contribution in [0.5, 0.6) is 0 Å². The largest absolute Gasteiger partial charge is 0.376 e. The van der Waals surface area contributed by atoms with Gasteiger partial charge in [-0.05, 0) is 57.4 Å². The Morgan fingerprint density at radius 3 is 2.62 bits per heavy atom. The van der Waals surface area contributed by atoms with Gasteiger partial charge in [-0.1, -0.05) is 12.8 Å². The third-order valence-electron chi connectivity index (χ3n) is 6.37. The second-order valence-corrected chi connectivity index (χ2v) is 8.29. The predicted octanol–water partition coefficient (Wildman–Crippen LogP) is 2.60. The van der Waals surface area contributed by atoms with Crippen LogP contribution >= 0.6 is 0 Å². The lowest BCUT2D eigenvalue weighted by atomic mass is 10.1. The minimum atomic E-state index is 0.155. The number of hydrogen-bond donors (Lipinski definition) is 1. The van der Waals surface area contributed by atoms with Gasteiger partial charge in [-0.3, -0.25) is 0 Å². The zero-order valence-corrected chi connectivity index (χ0v) is 14.9. The van der Waals surface area contributed by atoms with Crippen LogP contribution in [0, 0.1) is 5.92 Å². The number of hydrogen-bond acceptors (Lipinski definition) is 3. The van der Waals surface area contributed by atoms with Crippen LogP contribution in [-0.4, -0.2) is 66.8 Å². The molecular weight excluding hydrogens is 302 g/mol. The van der Waals surface area contributed by atoms with E-state index in [1.54, 1.807) is 0 Å². The monoisotopic (exact) mass is 335 g/mol. The lowest BCUT2D eigenvalue weighted by Crippen LogP contribution is -2.49. The molecule has 24 heavy (non-hydrogen) atoms. The van der Waals surface area contributed by atoms with Gasteiger partial charge in [-0.2, -0.15) is 0 Å². The normalized spacial score (nSPS) is 31.7. The second-order valence-electron chi connectivity index (χ2n) is 8.29. The maximum Gasteiger partial charge on any atom is 0.317 e. The number of carbonyl (C=O) groups is 1. The third-order valence-corrected chi connectivity index (χ3v) is 6.37. The Morgan fingerprint density at radius 1 is 1.08 bits per heavy atom. The second kappa shape index (κ2) is 7.61. The molecule has 2 saturated carbocycles. The highest BCUT2D eigenvalue weighted by Crippen LogP contribution is 2.31. The molecule has 0 aromatic carbocycles. The zero-order valence-electron chi connectivity index (χ0n) is 14.9. The van der Waals surface area contributed by atoms with Crippen LogP contribution in [0.25, 0.3) is 0 Å². The number of ether oxygens (including phenoxy) is 1. The summed E-state index contributed by atoms with van der Waals surface area (Å²) in [7, 11) is 0. The molecule has 0 bridgehead atoms. The van der Waals surface area contributed by atoms with Crippen LogP contribution in [0.1, 0.15) is 57.8 Å². The molecule has 0 spiro atoms. The van der Waals surface area contributed by atoms with Gasteiger partial charge in [0, 0.05) is 38.3 Å². The van der Waals surface area contributed by atoms with Crippen molar-refractivity contribution in [2.75, 3.05) is 32.8 Å². The molecular formula is C19H33N3O2. The van der Waals surface area contributed by atoms with Crippen LogP contribution in [0.15, 0.2) is 0 Å². The summed E-state index contributed by atoms with van der Waals surface area (Å²) < 4.78 is 5.79. The van der Waals surface area contributed by atoms with Crippen molar-refractivity contribution in [2.24, 2.45) is 5.92 Å². The standard InChI is InChI=1S/C19H33N3O2/c23-19(20-12-15-9-10-21(13-15)16-7-8-16)22(17-4-1-2-5-17)14-18-6-3-11-24-18/h15-18H,1-14H2,(H,20,23)/t15-,18+/m0/s1. The van der Waals surface area contributed by atoms with Gasteiger partial charge in [0.25, 0.3) is 0 Å². The summed E-state index contributed by atoms with van der Waals surface area (Å²) in [6, 6.07) is 1.45. The lowest BCUT2D eigenvalue weighted by molar-refractivity contribution is 0.0697. The number of amides is 2. The number of likely N-dealkylation sites (tertiary alicyclic amines) is 1. The Morgan fingerprint density at radius 2 is 1.92 bits per heavy atom. The van der Waals surface area contributed by atoms with E-state index in [2.05, 4.69) is 15.1 Å². The Bertz CT molecular complexity index is 428. The molecule has 5 nitrogen and oxygen atoms in total. The van der Waals surface area contributed by atoms with Crippen molar-refractivity contribution in [3.8, 4) is 0 Å². The van der Waals surface area contributed by atoms with E-state index >= 15 is 0 Å². The van der Waals surface area contributed by atoms with Gasteiger partial charge >= 0.3 is 6.03 Å². The molecule has 0 aromatic rings. The third kappa shape index (κ3) is 4.05. The Hall–Kier alpha value is -0.810. The molecule has 2 amide bonds. The van der Waals surface area contributed by atoms with Crippen molar-refractivity contribution >= 4 is 6.03 Å². The molecule has 0 unspecified atom stereocenters.